The minimum Gasteiger partial charge on any atom is -0.382 e. The predicted octanol–water partition coefficient (Wildman–Crippen LogP) is 4.22. The normalized spacial score (nSPS) is 18.5. The number of imidazole rings is 1. The molecule has 0 saturated carbocycles. The molecule has 2 aromatic carbocycles. The second kappa shape index (κ2) is 8.40. The Morgan fingerprint density at radius 1 is 1.16 bits per heavy atom. The summed E-state index contributed by atoms with van der Waals surface area (Å²) in [6, 6.07) is 16.6. The van der Waals surface area contributed by atoms with Crippen molar-refractivity contribution in [3.8, 4) is 0 Å². The minimum atomic E-state index is -0.0985. The number of amides is 1. The van der Waals surface area contributed by atoms with Crippen molar-refractivity contribution >= 4 is 28.4 Å². The van der Waals surface area contributed by atoms with Gasteiger partial charge in [0, 0.05) is 54.0 Å². The third kappa shape index (κ3) is 3.86. The van der Waals surface area contributed by atoms with Gasteiger partial charge in [-0.15, -0.1) is 0 Å². The zero-order valence-corrected chi connectivity index (χ0v) is 17.7. The van der Waals surface area contributed by atoms with Crippen LogP contribution >= 0.6 is 0 Å². The molecule has 2 aliphatic rings. The lowest BCUT2D eigenvalue weighted by molar-refractivity contribution is -0.110. The van der Waals surface area contributed by atoms with Crippen LogP contribution in [-0.2, 0) is 4.79 Å². The van der Waals surface area contributed by atoms with Gasteiger partial charge in [-0.3, -0.25) is 4.79 Å². The molecule has 0 atom stereocenters. The van der Waals surface area contributed by atoms with Crippen LogP contribution in [0.15, 0.2) is 60.9 Å². The second-order valence-electron chi connectivity index (χ2n) is 8.12. The van der Waals surface area contributed by atoms with Crippen LogP contribution in [0, 0.1) is 0 Å². The van der Waals surface area contributed by atoms with Crippen molar-refractivity contribution in [1.29, 1.82) is 0 Å². The van der Waals surface area contributed by atoms with E-state index in [-0.39, 0.29) is 5.91 Å². The number of hydrogen-bond acceptors (Lipinski definition) is 4. The number of nitrogens with zero attached hydrogens (tertiary/aromatic N) is 2. The largest absolute Gasteiger partial charge is 0.382 e. The summed E-state index contributed by atoms with van der Waals surface area (Å²) in [5.41, 5.74) is 5.23. The summed E-state index contributed by atoms with van der Waals surface area (Å²) < 4.78 is 0. The molecule has 3 heterocycles. The fraction of sp³-hybridized carbons (Fsp3) is 0.280. The first-order valence-corrected chi connectivity index (χ1v) is 11.0. The molecule has 1 saturated heterocycles. The highest BCUT2D eigenvalue weighted by molar-refractivity contribution is 6.38. The monoisotopic (exact) mass is 413 g/mol. The van der Waals surface area contributed by atoms with E-state index in [0.717, 1.165) is 60.6 Å². The maximum atomic E-state index is 13.1. The van der Waals surface area contributed by atoms with Gasteiger partial charge in [0.25, 0.3) is 5.91 Å². The highest BCUT2D eigenvalue weighted by Crippen LogP contribution is 2.40. The lowest BCUT2D eigenvalue weighted by Gasteiger charge is -2.32. The minimum absolute atomic E-state index is 0.0985. The van der Waals surface area contributed by atoms with Crippen molar-refractivity contribution in [3.05, 3.63) is 77.9 Å². The van der Waals surface area contributed by atoms with Crippen molar-refractivity contribution in [1.82, 2.24) is 14.9 Å². The Kier molecular flexibility index (Phi) is 5.30. The fourth-order valence-electron chi connectivity index (χ4n) is 4.54. The number of aromatic nitrogens is 2. The second-order valence-corrected chi connectivity index (χ2v) is 8.12. The van der Waals surface area contributed by atoms with Gasteiger partial charge in [-0.25, -0.2) is 4.98 Å². The Hall–Kier alpha value is -3.38. The van der Waals surface area contributed by atoms with Crippen LogP contribution in [0.25, 0.3) is 11.1 Å². The maximum absolute atomic E-state index is 13.1. The van der Waals surface area contributed by atoms with Gasteiger partial charge >= 0.3 is 0 Å². The Balaban J connectivity index is 1.53. The molecule has 1 aromatic heterocycles. The number of fused-ring (bicyclic) bond motifs is 1. The molecular weight excluding hydrogens is 386 g/mol. The number of hydrogen-bond donors (Lipinski definition) is 3. The van der Waals surface area contributed by atoms with Crippen LogP contribution < -0.4 is 10.6 Å². The predicted molar refractivity (Wildman–Crippen MR) is 125 cm³/mol. The fourth-order valence-corrected chi connectivity index (χ4v) is 4.54. The van der Waals surface area contributed by atoms with Crippen LogP contribution in [0.4, 0.5) is 11.4 Å². The van der Waals surface area contributed by atoms with E-state index in [1.165, 1.54) is 0 Å². The third-order valence-electron chi connectivity index (χ3n) is 6.22. The molecule has 6 nitrogen and oxygen atoms in total. The van der Waals surface area contributed by atoms with Crippen molar-refractivity contribution < 1.29 is 4.79 Å². The number of piperidine rings is 1. The first-order valence-electron chi connectivity index (χ1n) is 11.0. The quantitative estimate of drug-likeness (QED) is 0.548. The molecule has 0 bridgehead atoms. The SMILES string of the molecule is CCN1CCC(Nc2ccc3c(c2)/C(=C(\c2ccccc2)c2ncc[nH]2)C(=O)N3)CC1. The number of likely N-dealkylation sites (tertiary alicyclic amines) is 1. The van der Waals surface area contributed by atoms with Gasteiger partial charge in [-0.1, -0.05) is 37.3 Å². The van der Waals surface area contributed by atoms with Gasteiger partial charge in [-0.05, 0) is 43.1 Å². The van der Waals surface area contributed by atoms with Gasteiger partial charge < -0.3 is 20.5 Å². The number of H-pyrrole nitrogens is 1. The zero-order chi connectivity index (χ0) is 21.2. The molecule has 1 amide bonds. The topological polar surface area (TPSA) is 73.0 Å². The standard InChI is InChI=1S/C25H27N5O/c1-2-30-14-10-18(11-15-30)28-19-8-9-21-20(16-19)23(25(31)29-21)22(24-26-12-13-27-24)17-6-4-3-5-7-17/h3-9,12-13,16,18,28H,2,10-11,14-15H2,1H3,(H,26,27)(H,29,31)/b23-22-. The smallest absolute Gasteiger partial charge is 0.257 e. The maximum Gasteiger partial charge on any atom is 0.257 e. The van der Waals surface area contributed by atoms with Crippen LogP contribution in [0.1, 0.15) is 36.7 Å². The first-order chi connectivity index (χ1) is 15.2. The molecular formula is C25H27N5O. The zero-order valence-electron chi connectivity index (χ0n) is 17.7. The summed E-state index contributed by atoms with van der Waals surface area (Å²) >= 11 is 0. The van der Waals surface area contributed by atoms with Crippen molar-refractivity contribution in [2.75, 3.05) is 30.3 Å². The molecule has 31 heavy (non-hydrogen) atoms. The van der Waals surface area contributed by atoms with E-state index in [1.54, 1.807) is 12.4 Å². The molecule has 3 aromatic rings. The number of anilines is 2. The van der Waals surface area contributed by atoms with Crippen molar-refractivity contribution in [2.45, 2.75) is 25.8 Å². The van der Waals surface area contributed by atoms with Crippen LogP contribution in [0.2, 0.25) is 0 Å². The summed E-state index contributed by atoms with van der Waals surface area (Å²) in [5.74, 6) is 0.591. The average Bonchev–Trinajstić information content (AvgIpc) is 3.44. The van der Waals surface area contributed by atoms with Crippen LogP contribution in [0.3, 0.4) is 0 Å². The van der Waals surface area contributed by atoms with Crippen molar-refractivity contribution in [2.24, 2.45) is 0 Å². The highest BCUT2D eigenvalue weighted by atomic mass is 16.2. The van der Waals surface area contributed by atoms with E-state index in [9.17, 15) is 4.79 Å². The molecule has 0 radical (unpaired) electrons. The average molecular weight is 414 g/mol. The summed E-state index contributed by atoms with van der Waals surface area (Å²) in [7, 11) is 0. The van der Waals surface area contributed by atoms with Gasteiger partial charge in [0.2, 0.25) is 0 Å². The molecule has 0 aliphatic carbocycles. The Morgan fingerprint density at radius 3 is 2.68 bits per heavy atom. The van der Waals surface area contributed by atoms with Crippen LogP contribution in [0.5, 0.6) is 0 Å². The Morgan fingerprint density at radius 2 is 1.97 bits per heavy atom. The summed E-state index contributed by atoms with van der Waals surface area (Å²) in [4.78, 5) is 23.2. The molecule has 1 fully saturated rings. The molecule has 3 N–H and O–H groups in total. The van der Waals surface area contributed by atoms with E-state index < -0.39 is 0 Å². The number of rotatable bonds is 5. The number of carbonyl (C=O) groups is 1. The summed E-state index contributed by atoms with van der Waals surface area (Å²) in [6.45, 7) is 5.58. The van der Waals surface area contributed by atoms with E-state index in [0.29, 0.717) is 17.4 Å². The number of benzene rings is 2. The summed E-state index contributed by atoms with van der Waals surface area (Å²) in [6.07, 6.45) is 5.76. The molecule has 0 unspecified atom stereocenters. The molecule has 2 aliphatic heterocycles. The summed E-state index contributed by atoms with van der Waals surface area (Å²) in [5, 5.41) is 6.72. The lowest BCUT2D eigenvalue weighted by Crippen LogP contribution is -2.38. The van der Waals surface area contributed by atoms with Crippen molar-refractivity contribution in [3.63, 3.8) is 0 Å². The number of aromatic amines is 1. The van der Waals surface area contributed by atoms with E-state index in [4.69, 9.17) is 0 Å². The van der Waals surface area contributed by atoms with E-state index in [2.05, 4.69) is 44.6 Å². The Bertz CT molecular complexity index is 1100. The highest BCUT2D eigenvalue weighted by Gasteiger charge is 2.30. The molecule has 158 valence electrons. The first kappa shape index (κ1) is 19.6. The molecule has 0 spiro atoms. The van der Waals surface area contributed by atoms with Gasteiger partial charge in [0.05, 0.1) is 5.57 Å². The molecule has 6 heteroatoms. The number of nitrogens with one attached hydrogen (secondary N) is 3. The number of carbonyl (C=O) groups excluding carboxylic acids is 1. The van der Waals surface area contributed by atoms with Gasteiger partial charge in [0.1, 0.15) is 5.82 Å². The Labute approximate surface area is 182 Å². The lowest BCUT2D eigenvalue weighted by atomic mass is 9.94. The third-order valence-corrected chi connectivity index (χ3v) is 6.22. The molecule has 5 rings (SSSR count). The van der Waals surface area contributed by atoms with E-state index in [1.807, 2.05) is 36.4 Å². The van der Waals surface area contributed by atoms with E-state index >= 15 is 0 Å². The van der Waals surface area contributed by atoms with Gasteiger partial charge in [0.15, 0.2) is 0 Å². The van der Waals surface area contributed by atoms with Crippen LogP contribution in [-0.4, -0.2) is 46.5 Å². The van der Waals surface area contributed by atoms with Gasteiger partial charge in [-0.2, -0.15) is 0 Å².